The Labute approximate surface area is 120 Å². The van der Waals surface area contributed by atoms with E-state index in [1.165, 1.54) is 4.88 Å². The van der Waals surface area contributed by atoms with Gasteiger partial charge in [-0.25, -0.2) is 0 Å². The molecule has 96 valence electrons. The van der Waals surface area contributed by atoms with E-state index in [4.69, 9.17) is 27.9 Å². The van der Waals surface area contributed by atoms with E-state index in [9.17, 15) is 0 Å². The highest BCUT2D eigenvalue weighted by atomic mass is 35.5. The van der Waals surface area contributed by atoms with Crippen LogP contribution in [0.5, 0.6) is 5.75 Å². The number of anilines is 1. The molecule has 0 atom stereocenters. The van der Waals surface area contributed by atoms with Crippen molar-refractivity contribution in [3.63, 3.8) is 0 Å². The first kappa shape index (κ1) is 13.5. The molecule has 5 heteroatoms. The number of rotatable bonds is 5. The molecule has 0 radical (unpaired) electrons. The van der Waals surface area contributed by atoms with Gasteiger partial charge < -0.3 is 10.1 Å². The van der Waals surface area contributed by atoms with Gasteiger partial charge in [-0.05, 0) is 31.2 Å². The third-order valence-corrected chi connectivity index (χ3v) is 3.90. The molecule has 2 rings (SSSR count). The van der Waals surface area contributed by atoms with E-state index in [-0.39, 0.29) is 0 Å². The largest absolute Gasteiger partial charge is 0.492 e. The Morgan fingerprint density at radius 3 is 2.72 bits per heavy atom. The monoisotopic (exact) mass is 301 g/mol. The van der Waals surface area contributed by atoms with Crippen molar-refractivity contribution in [2.75, 3.05) is 11.9 Å². The molecule has 0 spiro atoms. The molecule has 0 fully saturated rings. The fourth-order valence-corrected chi connectivity index (χ4v) is 2.77. The van der Waals surface area contributed by atoms with E-state index in [1.807, 2.05) is 36.6 Å². The minimum Gasteiger partial charge on any atom is -0.492 e. The number of hydrogen-bond donors (Lipinski definition) is 1. The third kappa shape index (κ3) is 3.55. The van der Waals surface area contributed by atoms with Crippen LogP contribution in [0.2, 0.25) is 10.0 Å². The smallest absolute Gasteiger partial charge is 0.138 e. The highest BCUT2D eigenvalue weighted by Crippen LogP contribution is 2.28. The van der Waals surface area contributed by atoms with E-state index in [0.29, 0.717) is 17.4 Å². The zero-order chi connectivity index (χ0) is 13.0. The van der Waals surface area contributed by atoms with Gasteiger partial charge in [0.2, 0.25) is 0 Å². The maximum atomic E-state index is 6.11. The first-order valence-corrected chi connectivity index (χ1v) is 7.21. The molecule has 0 aliphatic carbocycles. The summed E-state index contributed by atoms with van der Waals surface area (Å²) in [5.74, 6) is 0.712. The summed E-state index contributed by atoms with van der Waals surface area (Å²) in [6.07, 6.45) is 0. The maximum absolute atomic E-state index is 6.11. The fourth-order valence-electron chi connectivity index (χ4n) is 1.52. The molecular weight excluding hydrogens is 289 g/mol. The van der Waals surface area contributed by atoms with Crippen LogP contribution in [0.15, 0.2) is 29.6 Å². The molecule has 2 nitrogen and oxygen atoms in total. The van der Waals surface area contributed by atoms with Crippen molar-refractivity contribution in [3.05, 3.63) is 44.6 Å². The Hall–Kier alpha value is -0.900. The van der Waals surface area contributed by atoms with Gasteiger partial charge in [-0.15, -0.1) is 11.3 Å². The average molecular weight is 302 g/mol. The van der Waals surface area contributed by atoms with E-state index in [2.05, 4.69) is 5.32 Å². The molecular formula is C13H13Cl2NOS. The zero-order valence-corrected chi connectivity index (χ0v) is 12.2. The van der Waals surface area contributed by atoms with Gasteiger partial charge >= 0.3 is 0 Å². The minimum absolute atomic E-state index is 0.611. The van der Waals surface area contributed by atoms with Gasteiger partial charge in [-0.2, -0.15) is 0 Å². The standard InChI is InChI=1S/C13H13Cl2NOS/c1-2-17-13-4-3-10(6-12(13)15)16-7-11-5-9(14)8-18-11/h3-6,8,16H,2,7H2,1H3. The van der Waals surface area contributed by atoms with E-state index < -0.39 is 0 Å². The van der Waals surface area contributed by atoms with Crippen LogP contribution in [0.1, 0.15) is 11.8 Å². The molecule has 1 aromatic carbocycles. The summed E-state index contributed by atoms with van der Waals surface area (Å²) in [5, 5.41) is 6.61. The van der Waals surface area contributed by atoms with Crippen LogP contribution in [0.25, 0.3) is 0 Å². The second-order valence-corrected chi connectivity index (χ2v) is 5.50. The highest BCUT2D eigenvalue weighted by molar-refractivity contribution is 7.10. The van der Waals surface area contributed by atoms with Crippen molar-refractivity contribution >= 4 is 40.2 Å². The summed E-state index contributed by atoms with van der Waals surface area (Å²) >= 11 is 13.6. The van der Waals surface area contributed by atoms with Crippen LogP contribution in [0, 0.1) is 0 Å². The second-order valence-electron chi connectivity index (χ2n) is 3.66. The normalized spacial score (nSPS) is 10.4. The molecule has 1 aromatic heterocycles. The van der Waals surface area contributed by atoms with Gasteiger partial charge in [0.25, 0.3) is 0 Å². The molecule has 2 aromatic rings. The van der Waals surface area contributed by atoms with Crippen molar-refractivity contribution in [2.24, 2.45) is 0 Å². The highest BCUT2D eigenvalue weighted by Gasteiger charge is 2.03. The molecule has 1 N–H and O–H groups in total. The van der Waals surface area contributed by atoms with E-state index in [1.54, 1.807) is 11.3 Å². The Morgan fingerprint density at radius 2 is 2.11 bits per heavy atom. The van der Waals surface area contributed by atoms with Crippen molar-refractivity contribution in [2.45, 2.75) is 13.5 Å². The Balaban J connectivity index is 1.99. The Morgan fingerprint density at radius 1 is 1.28 bits per heavy atom. The number of nitrogens with one attached hydrogen (secondary N) is 1. The van der Waals surface area contributed by atoms with Crippen LogP contribution in [-0.2, 0) is 6.54 Å². The summed E-state index contributed by atoms with van der Waals surface area (Å²) in [6.45, 7) is 3.28. The summed E-state index contributed by atoms with van der Waals surface area (Å²) < 4.78 is 5.38. The summed E-state index contributed by atoms with van der Waals surface area (Å²) in [4.78, 5) is 1.19. The van der Waals surface area contributed by atoms with Crippen LogP contribution in [0.3, 0.4) is 0 Å². The summed E-state index contributed by atoms with van der Waals surface area (Å²) in [6, 6.07) is 7.64. The molecule has 0 amide bonds. The second kappa shape index (κ2) is 6.32. The zero-order valence-electron chi connectivity index (χ0n) is 9.87. The molecule has 1 heterocycles. The third-order valence-electron chi connectivity index (χ3n) is 2.32. The molecule has 0 aliphatic rings. The lowest BCUT2D eigenvalue weighted by Gasteiger charge is -2.09. The Kier molecular flexibility index (Phi) is 4.75. The number of hydrogen-bond acceptors (Lipinski definition) is 3. The van der Waals surface area contributed by atoms with E-state index >= 15 is 0 Å². The SMILES string of the molecule is CCOc1ccc(NCc2cc(Cl)cs2)cc1Cl. The molecule has 0 unspecified atom stereocenters. The van der Waals surface area contributed by atoms with Crippen LogP contribution in [-0.4, -0.2) is 6.61 Å². The van der Waals surface area contributed by atoms with Crippen molar-refractivity contribution in [3.8, 4) is 5.75 Å². The number of halogens is 2. The molecule has 0 saturated heterocycles. The lowest BCUT2D eigenvalue weighted by Crippen LogP contribution is -1.98. The maximum Gasteiger partial charge on any atom is 0.138 e. The predicted molar refractivity (Wildman–Crippen MR) is 79.3 cm³/mol. The Bertz CT molecular complexity index is 527. The van der Waals surface area contributed by atoms with Crippen LogP contribution >= 0.6 is 34.5 Å². The van der Waals surface area contributed by atoms with Crippen molar-refractivity contribution in [1.29, 1.82) is 0 Å². The van der Waals surface area contributed by atoms with Crippen molar-refractivity contribution in [1.82, 2.24) is 0 Å². The van der Waals surface area contributed by atoms with Gasteiger partial charge in [0.05, 0.1) is 16.7 Å². The lowest BCUT2D eigenvalue weighted by atomic mass is 10.3. The fraction of sp³-hybridized carbons (Fsp3) is 0.231. The van der Waals surface area contributed by atoms with Gasteiger partial charge in [0.1, 0.15) is 5.75 Å². The summed E-state index contributed by atoms with van der Waals surface area (Å²) in [7, 11) is 0. The molecule has 0 bridgehead atoms. The minimum atomic E-state index is 0.611. The topological polar surface area (TPSA) is 21.3 Å². The average Bonchev–Trinajstić information content (AvgIpc) is 2.76. The quantitative estimate of drug-likeness (QED) is 0.833. The van der Waals surface area contributed by atoms with Crippen LogP contribution < -0.4 is 10.1 Å². The van der Waals surface area contributed by atoms with Gasteiger partial charge in [0.15, 0.2) is 0 Å². The van der Waals surface area contributed by atoms with Gasteiger partial charge in [-0.1, -0.05) is 23.2 Å². The van der Waals surface area contributed by atoms with Gasteiger partial charge in [0, 0.05) is 22.5 Å². The lowest BCUT2D eigenvalue weighted by molar-refractivity contribution is 0.340. The summed E-state index contributed by atoms with van der Waals surface area (Å²) in [5.41, 5.74) is 0.966. The van der Waals surface area contributed by atoms with Crippen molar-refractivity contribution < 1.29 is 4.74 Å². The first-order valence-electron chi connectivity index (χ1n) is 5.58. The van der Waals surface area contributed by atoms with E-state index in [0.717, 1.165) is 17.3 Å². The first-order chi connectivity index (χ1) is 8.69. The van der Waals surface area contributed by atoms with Gasteiger partial charge in [-0.3, -0.25) is 0 Å². The predicted octanol–water partition coefficient (Wildman–Crippen LogP) is 5.07. The number of ether oxygens (including phenoxy) is 1. The number of benzene rings is 1. The van der Waals surface area contributed by atoms with Crippen LogP contribution in [0.4, 0.5) is 5.69 Å². The molecule has 18 heavy (non-hydrogen) atoms. The molecule has 0 saturated carbocycles. The number of thiophene rings is 1. The molecule has 0 aliphatic heterocycles.